The smallest absolute Gasteiger partial charge is 0.308 e. The molecule has 0 unspecified atom stereocenters. The normalized spacial score (nSPS) is 28.1. The maximum Gasteiger partial charge on any atom is 0.308 e. The molecule has 0 spiro atoms. The minimum atomic E-state index is -0.769. The van der Waals surface area contributed by atoms with Crippen LogP contribution in [0.3, 0.4) is 0 Å². The molecule has 100 valence electrons. The summed E-state index contributed by atoms with van der Waals surface area (Å²) in [6.07, 6.45) is 0.0379. The van der Waals surface area contributed by atoms with E-state index in [1.165, 1.54) is 0 Å². The second-order valence-corrected chi connectivity index (χ2v) is 5.04. The van der Waals surface area contributed by atoms with Gasteiger partial charge in [-0.2, -0.15) is 0 Å². The number of hydrogen-bond donors (Lipinski definition) is 1. The van der Waals surface area contributed by atoms with Crippen LogP contribution in [0.15, 0.2) is 0 Å². The van der Waals surface area contributed by atoms with Crippen LogP contribution in [-0.4, -0.2) is 41.8 Å². The topological polar surface area (TPSA) is 65.0 Å². The summed E-state index contributed by atoms with van der Waals surface area (Å²) < 4.78 is 16.2. The van der Waals surface area contributed by atoms with E-state index in [9.17, 15) is 4.79 Å². The number of rotatable bonds is 4. The summed E-state index contributed by atoms with van der Waals surface area (Å²) in [7, 11) is 0. The van der Waals surface area contributed by atoms with Crippen molar-refractivity contribution in [3.8, 4) is 0 Å². The van der Waals surface area contributed by atoms with Crippen LogP contribution in [-0.2, 0) is 19.0 Å². The van der Waals surface area contributed by atoms with Crippen molar-refractivity contribution in [2.75, 3.05) is 6.61 Å². The zero-order valence-corrected chi connectivity index (χ0v) is 10.9. The molecule has 2 atom stereocenters. The molecule has 1 aliphatic rings. The minimum absolute atomic E-state index is 0.0669. The van der Waals surface area contributed by atoms with Crippen LogP contribution >= 0.6 is 0 Å². The average molecular weight is 246 g/mol. The third-order valence-corrected chi connectivity index (χ3v) is 2.39. The monoisotopic (exact) mass is 246 g/mol. The molecular formula is C12H22O5. The first-order valence-corrected chi connectivity index (χ1v) is 5.98. The summed E-state index contributed by atoms with van der Waals surface area (Å²) in [5, 5.41) is 9.12. The van der Waals surface area contributed by atoms with Crippen molar-refractivity contribution >= 4 is 5.97 Å². The van der Waals surface area contributed by atoms with E-state index in [-0.39, 0.29) is 37.3 Å². The summed E-state index contributed by atoms with van der Waals surface area (Å²) in [4.78, 5) is 11.5. The van der Waals surface area contributed by atoms with Gasteiger partial charge in [0, 0.05) is 6.42 Å². The Hall–Kier alpha value is -0.650. The van der Waals surface area contributed by atoms with Gasteiger partial charge in [-0.3, -0.25) is 4.79 Å². The molecule has 1 N–H and O–H groups in total. The fourth-order valence-electron chi connectivity index (χ4n) is 1.95. The van der Waals surface area contributed by atoms with Crippen LogP contribution in [0.5, 0.6) is 0 Å². The SMILES string of the molecule is CC(C)OC(=O)C[C@H]1C[C@@H](CO)OC(C)(C)O1. The van der Waals surface area contributed by atoms with Crippen molar-refractivity contribution in [3.63, 3.8) is 0 Å². The summed E-state index contributed by atoms with van der Waals surface area (Å²) in [6.45, 7) is 7.10. The summed E-state index contributed by atoms with van der Waals surface area (Å²) >= 11 is 0. The Bertz CT molecular complexity index is 262. The predicted molar refractivity (Wildman–Crippen MR) is 61.4 cm³/mol. The number of esters is 1. The number of ether oxygens (including phenoxy) is 3. The Labute approximate surface area is 102 Å². The lowest BCUT2D eigenvalue weighted by Gasteiger charge is -2.40. The molecule has 0 aromatic carbocycles. The number of hydrogen-bond acceptors (Lipinski definition) is 5. The lowest BCUT2D eigenvalue weighted by molar-refractivity contribution is -0.304. The van der Waals surface area contributed by atoms with Crippen LogP contribution in [0.1, 0.15) is 40.5 Å². The Morgan fingerprint density at radius 1 is 1.41 bits per heavy atom. The third-order valence-electron chi connectivity index (χ3n) is 2.39. The molecule has 1 heterocycles. The summed E-state index contributed by atoms with van der Waals surface area (Å²) in [5.41, 5.74) is 0. The van der Waals surface area contributed by atoms with Gasteiger partial charge >= 0.3 is 5.97 Å². The van der Waals surface area contributed by atoms with Crippen LogP contribution in [0.4, 0.5) is 0 Å². The van der Waals surface area contributed by atoms with Gasteiger partial charge in [-0.05, 0) is 27.7 Å². The van der Waals surface area contributed by atoms with E-state index in [1.807, 2.05) is 13.8 Å². The minimum Gasteiger partial charge on any atom is -0.463 e. The molecule has 0 amide bonds. The van der Waals surface area contributed by atoms with E-state index >= 15 is 0 Å². The van der Waals surface area contributed by atoms with Crippen molar-refractivity contribution in [1.82, 2.24) is 0 Å². The Morgan fingerprint density at radius 2 is 2.00 bits per heavy atom. The Balaban J connectivity index is 2.50. The molecule has 0 aromatic rings. The van der Waals surface area contributed by atoms with E-state index in [2.05, 4.69) is 0 Å². The van der Waals surface area contributed by atoms with Crippen molar-refractivity contribution in [1.29, 1.82) is 0 Å². The molecule has 0 saturated carbocycles. The van der Waals surface area contributed by atoms with Gasteiger partial charge in [0.15, 0.2) is 5.79 Å². The third kappa shape index (κ3) is 5.02. The quantitative estimate of drug-likeness (QED) is 0.756. The molecule has 0 aliphatic carbocycles. The average Bonchev–Trinajstić information content (AvgIpc) is 2.13. The fraction of sp³-hybridized carbons (Fsp3) is 0.917. The Kier molecular flexibility index (Phi) is 4.91. The van der Waals surface area contributed by atoms with E-state index in [0.29, 0.717) is 6.42 Å². The highest BCUT2D eigenvalue weighted by atomic mass is 16.7. The fourth-order valence-corrected chi connectivity index (χ4v) is 1.95. The predicted octanol–water partition coefficient (Wildman–Crippen LogP) is 1.23. The van der Waals surface area contributed by atoms with E-state index in [1.54, 1.807) is 13.8 Å². The van der Waals surface area contributed by atoms with Crippen LogP contribution < -0.4 is 0 Å². The lowest BCUT2D eigenvalue weighted by Crippen LogP contribution is -2.46. The number of aliphatic hydroxyl groups excluding tert-OH is 1. The zero-order valence-electron chi connectivity index (χ0n) is 10.9. The van der Waals surface area contributed by atoms with Gasteiger partial charge in [0.25, 0.3) is 0 Å². The van der Waals surface area contributed by atoms with Gasteiger partial charge < -0.3 is 19.3 Å². The molecule has 1 fully saturated rings. The molecule has 1 aliphatic heterocycles. The van der Waals surface area contributed by atoms with Crippen LogP contribution in [0, 0.1) is 0 Å². The van der Waals surface area contributed by atoms with Gasteiger partial charge in [0.2, 0.25) is 0 Å². The largest absolute Gasteiger partial charge is 0.463 e. The number of carbonyl (C=O) groups excluding carboxylic acids is 1. The molecule has 0 radical (unpaired) electrons. The molecule has 5 nitrogen and oxygen atoms in total. The van der Waals surface area contributed by atoms with Crippen molar-refractivity contribution in [3.05, 3.63) is 0 Å². The highest BCUT2D eigenvalue weighted by Gasteiger charge is 2.36. The van der Waals surface area contributed by atoms with E-state index in [4.69, 9.17) is 19.3 Å². The highest BCUT2D eigenvalue weighted by molar-refractivity contribution is 5.70. The first-order valence-electron chi connectivity index (χ1n) is 5.98. The Morgan fingerprint density at radius 3 is 2.53 bits per heavy atom. The molecule has 1 saturated heterocycles. The zero-order chi connectivity index (χ0) is 13.1. The van der Waals surface area contributed by atoms with Gasteiger partial charge in [-0.25, -0.2) is 0 Å². The molecule has 0 bridgehead atoms. The van der Waals surface area contributed by atoms with Crippen LogP contribution in [0.2, 0.25) is 0 Å². The molecular weight excluding hydrogens is 224 g/mol. The van der Waals surface area contributed by atoms with Crippen molar-refractivity contribution in [2.45, 2.75) is 64.6 Å². The highest BCUT2D eigenvalue weighted by Crippen LogP contribution is 2.28. The van der Waals surface area contributed by atoms with Crippen molar-refractivity contribution < 1.29 is 24.1 Å². The molecule has 1 rings (SSSR count). The number of aliphatic hydroxyl groups is 1. The second kappa shape index (κ2) is 5.80. The summed E-state index contributed by atoms with van der Waals surface area (Å²) in [5.74, 6) is -1.05. The maximum absolute atomic E-state index is 11.5. The molecule has 17 heavy (non-hydrogen) atoms. The second-order valence-electron chi connectivity index (χ2n) is 5.04. The van der Waals surface area contributed by atoms with Gasteiger partial charge in [-0.15, -0.1) is 0 Å². The molecule has 5 heteroatoms. The van der Waals surface area contributed by atoms with E-state index in [0.717, 1.165) is 0 Å². The lowest BCUT2D eigenvalue weighted by atomic mass is 10.1. The summed E-state index contributed by atoms with van der Waals surface area (Å²) in [6, 6.07) is 0. The number of carbonyl (C=O) groups is 1. The first-order chi connectivity index (χ1) is 7.82. The van der Waals surface area contributed by atoms with Crippen molar-refractivity contribution in [2.24, 2.45) is 0 Å². The van der Waals surface area contributed by atoms with Gasteiger partial charge in [0.05, 0.1) is 31.3 Å². The van der Waals surface area contributed by atoms with Gasteiger partial charge in [0.1, 0.15) is 0 Å². The first kappa shape index (κ1) is 14.4. The molecule has 0 aromatic heterocycles. The standard InChI is InChI=1S/C12H22O5/c1-8(2)15-11(14)6-9-5-10(7-13)17-12(3,4)16-9/h8-10,13H,5-7H2,1-4H3/t9-,10+/m1/s1. The van der Waals surface area contributed by atoms with Gasteiger partial charge in [-0.1, -0.05) is 0 Å². The van der Waals surface area contributed by atoms with Crippen LogP contribution in [0.25, 0.3) is 0 Å². The maximum atomic E-state index is 11.5. The van der Waals surface area contributed by atoms with E-state index < -0.39 is 5.79 Å².